The van der Waals surface area contributed by atoms with Crippen LogP contribution in [0.4, 0.5) is 0 Å². The number of nitrogens with zero attached hydrogens (tertiary/aromatic N) is 1. The quantitative estimate of drug-likeness (QED) is 0.600. The molecular weight excluding hydrogens is 364 g/mol. The third-order valence-electron chi connectivity index (χ3n) is 4.15. The van der Waals surface area contributed by atoms with Gasteiger partial charge in [-0.25, -0.2) is 8.42 Å². The van der Waals surface area contributed by atoms with Gasteiger partial charge >= 0.3 is 5.97 Å². The standard InChI is InChI=1S/C16H22N2O5S2/c19-15(20)11-12-1-3-14(4-2-12)25(22,23)18-8-5-13(6-9-18)16(21)17-7-10-24/h1-4,13,24H,5-11H2,(H,17,21)(H,19,20). The van der Waals surface area contributed by atoms with E-state index in [0.717, 1.165) is 0 Å². The van der Waals surface area contributed by atoms with Crippen LogP contribution in [0.5, 0.6) is 0 Å². The number of carbonyl (C=O) groups excluding carboxylic acids is 1. The molecule has 1 aliphatic rings. The topological polar surface area (TPSA) is 104 Å². The Kier molecular flexibility index (Phi) is 6.86. The first-order valence-corrected chi connectivity index (χ1v) is 10.1. The van der Waals surface area contributed by atoms with Gasteiger partial charge in [0.15, 0.2) is 0 Å². The van der Waals surface area contributed by atoms with Crippen LogP contribution in [-0.4, -0.2) is 55.1 Å². The summed E-state index contributed by atoms with van der Waals surface area (Å²) in [4.78, 5) is 22.8. The highest BCUT2D eigenvalue weighted by molar-refractivity contribution is 7.89. The number of sulfonamides is 1. The van der Waals surface area contributed by atoms with Crippen molar-refractivity contribution in [3.05, 3.63) is 29.8 Å². The highest BCUT2D eigenvalue weighted by Crippen LogP contribution is 2.24. The summed E-state index contributed by atoms with van der Waals surface area (Å²) in [7, 11) is -3.63. The Hall–Kier alpha value is -1.58. The number of rotatable bonds is 7. The maximum atomic E-state index is 12.7. The summed E-state index contributed by atoms with van der Waals surface area (Å²) >= 11 is 4.04. The van der Waals surface area contributed by atoms with E-state index in [-0.39, 0.29) is 36.2 Å². The van der Waals surface area contributed by atoms with Gasteiger partial charge in [-0.2, -0.15) is 16.9 Å². The van der Waals surface area contributed by atoms with Crippen LogP contribution in [0, 0.1) is 5.92 Å². The molecule has 1 aromatic carbocycles. The van der Waals surface area contributed by atoms with Gasteiger partial charge in [-0.1, -0.05) is 12.1 Å². The first-order chi connectivity index (χ1) is 11.8. The first kappa shape index (κ1) is 19.7. The van der Waals surface area contributed by atoms with Crippen molar-refractivity contribution in [1.29, 1.82) is 0 Å². The van der Waals surface area contributed by atoms with Crippen LogP contribution >= 0.6 is 12.6 Å². The zero-order chi connectivity index (χ0) is 18.4. The number of hydrogen-bond donors (Lipinski definition) is 3. The number of nitrogens with one attached hydrogen (secondary N) is 1. The van der Waals surface area contributed by atoms with Gasteiger partial charge in [0.1, 0.15) is 0 Å². The van der Waals surface area contributed by atoms with E-state index in [4.69, 9.17) is 5.11 Å². The molecule has 1 heterocycles. The molecule has 1 saturated heterocycles. The number of thiol groups is 1. The molecule has 1 amide bonds. The lowest BCUT2D eigenvalue weighted by atomic mass is 9.97. The van der Waals surface area contributed by atoms with Crippen LogP contribution in [0.2, 0.25) is 0 Å². The first-order valence-electron chi connectivity index (χ1n) is 8.04. The predicted molar refractivity (Wildman–Crippen MR) is 96.1 cm³/mol. The van der Waals surface area contributed by atoms with Crippen LogP contribution in [0.1, 0.15) is 18.4 Å². The van der Waals surface area contributed by atoms with E-state index in [9.17, 15) is 18.0 Å². The number of carbonyl (C=O) groups is 2. The summed E-state index contributed by atoms with van der Waals surface area (Å²) < 4.78 is 26.7. The molecule has 138 valence electrons. The second kappa shape index (κ2) is 8.68. The summed E-state index contributed by atoms with van der Waals surface area (Å²) in [5.41, 5.74) is 0.547. The predicted octanol–water partition coefficient (Wildman–Crippen LogP) is 0.760. The van der Waals surface area contributed by atoms with Crippen molar-refractivity contribution in [2.24, 2.45) is 5.92 Å². The Morgan fingerprint density at radius 2 is 1.80 bits per heavy atom. The molecule has 9 heteroatoms. The van der Waals surface area contributed by atoms with Crippen molar-refractivity contribution < 1.29 is 23.1 Å². The van der Waals surface area contributed by atoms with Gasteiger partial charge in [-0.05, 0) is 30.5 Å². The van der Waals surface area contributed by atoms with E-state index >= 15 is 0 Å². The molecule has 1 fully saturated rings. The van der Waals surface area contributed by atoms with Crippen molar-refractivity contribution >= 4 is 34.5 Å². The minimum Gasteiger partial charge on any atom is -0.481 e. The lowest BCUT2D eigenvalue weighted by Gasteiger charge is -2.30. The van der Waals surface area contributed by atoms with Crippen molar-refractivity contribution in [3.63, 3.8) is 0 Å². The molecule has 0 bridgehead atoms. The molecule has 0 radical (unpaired) electrons. The minimum absolute atomic E-state index is 0.0517. The van der Waals surface area contributed by atoms with Crippen LogP contribution in [0.25, 0.3) is 0 Å². The number of carboxylic acids is 1. The summed E-state index contributed by atoms with van der Waals surface area (Å²) in [6.45, 7) is 1.08. The number of hydrogen-bond acceptors (Lipinski definition) is 5. The fraction of sp³-hybridized carbons (Fsp3) is 0.500. The van der Waals surface area contributed by atoms with Gasteiger partial charge in [0.2, 0.25) is 15.9 Å². The highest BCUT2D eigenvalue weighted by atomic mass is 32.2. The molecule has 0 aliphatic carbocycles. The van der Waals surface area contributed by atoms with E-state index < -0.39 is 16.0 Å². The van der Waals surface area contributed by atoms with E-state index in [1.807, 2.05) is 0 Å². The lowest BCUT2D eigenvalue weighted by Crippen LogP contribution is -2.43. The van der Waals surface area contributed by atoms with E-state index in [1.165, 1.54) is 28.6 Å². The fourth-order valence-electron chi connectivity index (χ4n) is 2.78. The monoisotopic (exact) mass is 386 g/mol. The van der Waals surface area contributed by atoms with Crippen molar-refractivity contribution in [2.75, 3.05) is 25.4 Å². The smallest absolute Gasteiger partial charge is 0.307 e. The van der Waals surface area contributed by atoms with E-state index in [2.05, 4.69) is 17.9 Å². The molecule has 1 aliphatic heterocycles. The van der Waals surface area contributed by atoms with Gasteiger partial charge in [-0.15, -0.1) is 0 Å². The second-order valence-corrected chi connectivity index (χ2v) is 8.29. The SMILES string of the molecule is O=C(O)Cc1ccc(S(=O)(=O)N2CCC(C(=O)NCCS)CC2)cc1. The zero-order valence-corrected chi connectivity index (χ0v) is 15.4. The van der Waals surface area contributed by atoms with Gasteiger partial charge in [0.25, 0.3) is 0 Å². The summed E-state index contributed by atoms with van der Waals surface area (Å²) in [5.74, 6) is -0.626. The average Bonchev–Trinajstić information content (AvgIpc) is 2.59. The van der Waals surface area contributed by atoms with E-state index in [1.54, 1.807) is 0 Å². The van der Waals surface area contributed by atoms with Crippen LogP contribution < -0.4 is 5.32 Å². The normalized spacial score (nSPS) is 16.5. The van der Waals surface area contributed by atoms with Crippen molar-refractivity contribution in [3.8, 4) is 0 Å². The maximum absolute atomic E-state index is 12.7. The Labute approximate surface area is 152 Å². The van der Waals surface area contributed by atoms with Crippen LogP contribution in [0.3, 0.4) is 0 Å². The largest absolute Gasteiger partial charge is 0.481 e. The number of benzene rings is 1. The van der Waals surface area contributed by atoms with Crippen LogP contribution in [0.15, 0.2) is 29.2 Å². The molecule has 0 saturated carbocycles. The molecule has 7 nitrogen and oxygen atoms in total. The third-order valence-corrected chi connectivity index (χ3v) is 6.29. The summed E-state index contributed by atoms with van der Waals surface area (Å²) in [5, 5.41) is 11.5. The zero-order valence-electron chi connectivity index (χ0n) is 13.7. The molecule has 0 unspecified atom stereocenters. The molecule has 0 spiro atoms. The summed E-state index contributed by atoms with van der Waals surface area (Å²) in [6.07, 6.45) is 0.816. The van der Waals surface area contributed by atoms with Crippen molar-refractivity contribution in [1.82, 2.24) is 9.62 Å². The molecule has 0 atom stereocenters. The van der Waals surface area contributed by atoms with E-state index in [0.29, 0.717) is 30.7 Å². The van der Waals surface area contributed by atoms with Gasteiger partial charge in [0, 0.05) is 31.3 Å². The molecule has 25 heavy (non-hydrogen) atoms. The van der Waals surface area contributed by atoms with Gasteiger partial charge < -0.3 is 10.4 Å². The number of piperidine rings is 1. The van der Waals surface area contributed by atoms with Crippen LogP contribution in [-0.2, 0) is 26.0 Å². The maximum Gasteiger partial charge on any atom is 0.307 e. The Morgan fingerprint density at radius 3 is 2.32 bits per heavy atom. The van der Waals surface area contributed by atoms with Gasteiger partial charge in [0.05, 0.1) is 11.3 Å². The highest BCUT2D eigenvalue weighted by Gasteiger charge is 2.31. The minimum atomic E-state index is -3.63. The number of carboxylic acid groups (broad SMARTS) is 1. The third kappa shape index (κ3) is 5.20. The Balaban J connectivity index is 1.99. The fourth-order valence-corrected chi connectivity index (χ4v) is 4.37. The Bertz CT molecular complexity index is 711. The van der Waals surface area contributed by atoms with Crippen molar-refractivity contribution in [2.45, 2.75) is 24.2 Å². The molecule has 2 rings (SSSR count). The number of aliphatic carboxylic acids is 1. The molecule has 0 aromatic heterocycles. The lowest BCUT2D eigenvalue weighted by molar-refractivity contribution is -0.136. The Morgan fingerprint density at radius 1 is 1.20 bits per heavy atom. The molecular formula is C16H22N2O5S2. The molecule has 1 aromatic rings. The number of amides is 1. The molecule has 2 N–H and O–H groups in total. The second-order valence-electron chi connectivity index (χ2n) is 5.91. The van der Waals surface area contributed by atoms with Gasteiger partial charge in [-0.3, -0.25) is 9.59 Å². The summed E-state index contributed by atoms with van der Waals surface area (Å²) in [6, 6.07) is 5.88. The average molecular weight is 386 g/mol.